The van der Waals surface area contributed by atoms with Crippen LogP contribution in [0.2, 0.25) is 0 Å². The Labute approximate surface area is 244 Å². The summed E-state index contributed by atoms with van der Waals surface area (Å²) in [5, 5.41) is 22.4. The van der Waals surface area contributed by atoms with Crippen molar-refractivity contribution in [2.24, 2.45) is 5.73 Å². The fraction of sp³-hybridized carbons (Fsp3) is 0.545. The third kappa shape index (κ3) is 6.92. The molecule has 0 spiro atoms. The summed E-state index contributed by atoms with van der Waals surface area (Å²) < 4.78 is 15.0. The van der Waals surface area contributed by atoms with Gasteiger partial charge in [-0.15, -0.1) is 0 Å². The third-order valence-electron chi connectivity index (χ3n) is 7.91. The Balaban J connectivity index is 1.81. The Morgan fingerprint density at radius 3 is 2.05 bits per heavy atom. The van der Waals surface area contributed by atoms with Gasteiger partial charge in [-0.2, -0.15) is 9.15 Å². The summed E-state index contributed by atoms with van der Waals surface area (Å²) >= 11 is 0. The SMILES string of the molecule is Cc1cc(CCCCN)cc(/C=[N+]2/CCC/[N+](=C/c3cc(C(C)(C)C)cc(C(C)(C)C)c3O)C2C2OC(=O)O2)c1O. The number of nitrogens with zero attached hydrogens (tertiary/aromatic N) is 2. The molecule has 2 saturated heterocycles. The second-order valence-corrected chi connectivity index (χ2v) is 13.4. The molecule has 2 aromatic rings. The van der Waals surface area contributed by atoms with Gasteiger partial charge in [-0.1, -0.05) is 53.7 Å². The number of aromatic hydroxyl groups is 2. The van der Waals surface area contributed by atoms with Crippen molar-refractivity contribution in [3.8, 4) is 11.5 Å². The van der Waals surface area contributed by atoms with E-state index in [4.69, 9.17) is 15.2 Å². The number of hydrogen-bond donors (Lipinski definition) is 3. The molecular formula is C33H47N3O5+2. The standard InChI is InChI=1S/C33H45N3O5/c1-21-15-22(11-8-9-12-34)16-23(27(21)37)19-35-13-10-14-36(29(35)30-40-31(39)41-30)20-24-17-25(32(2,3)4)18-26(28(24)38)33(5,6)7/h15-20,29-30H,8-14,34H2,1-7H3/p+2. The summed E-state index contributed by atoms with van der Waals surface area (Å²) in [7, 11) is 0. The van der Waals surface area contributed by atoms with E-state index in [1.54, 1.807) is 0 Å². The Kier molecular flexibility index (Phi) is 8.83. The monoisotopic (exact) mass is 565 g/mol. The molecule has 0 bridgehead atoms. The highest BCUT2D eigenvalue weighted by atomic mass is 16.9. The predicted molar refractivity (Wildman–Crippen MR) is 161 cm³/mol. The minimum atomic E-state index is -0.804. The van der Waals surface area contributed by atoms with Crippen LogP contribution in [-0.2, 0) is 26.7 Å². The fourth-order valence-corrected chi connectivity index (χ4v) is 5.52. The Hall–Kier alpha value is -3.39. The third-order valence-corrected chi connectivity index (χ3v) is 7.91. The van der Waals surface area contributed by atoms with Gasteiger partial charge in [0.05, 0.1) is 17.5 Å². The zero-order valence-corrected chi connectivity index (χ0v) is 25.7. The van der Waals surface area contributed by atoms with Crippen LogP contribution in [0, 0.1) is 6.92 Å². The zero-order valence-electron chi connectivity index (χ0n) is 25.7. The topological polar surface area (TPSA) is 108 Å². The molecule has 4 rings (SSSR count). The molecule has 41 heavy (non-hydrogen) atoms. The summed E-state index contributed by atoms with van der Waals surface area (Å²) in [6.07, 6.45) is 5.54. The molecule has 2 fully saturated rings. The van der Waals surface area contributed by atoms with Crippen molar-refractivity contribution < 1.29 is 33.6 Å². The first-order chi connectivity index (χ1) is 19.2. The summed E-state index contributed by atoms with van der Waals surface area (Å²) in [6, 6.07) is 8.17. The molecule has 4 N–H and O–H groups in total. The zero-order chi connectivity index (χ0) is 30.1. The van der Waals surface area contributed by atoms with E-state index in [1.807, 2.05) is 37.6 Å². The number of hydrogen-bond acceptors (Lipinski definition) is 6. The van der Waals surface area contributed by atoms with Gasteiger partial charge >= 0.3 is 18.6 Å². The molecule has 2 aliphatic heterocycles. The highest BCUT2D eigenvalue weighted by Crippen LogP contribution is 2.37. The van der Waals surface area contributed by atoms with Crippen LogP contribution in [0.5, 0.6) is 11.5 Å². The van der Waals surface area contributed by atoms with E-state index >= 15 is 0 Å². The van der Waals surface area contributed by atoms with E-state index in [1.165, 1.54) is 0 Å². The van der Waals surface area contributed by atoms with Crippen LogP contribution >= 0.6 is 0 Å². The van der Waals surface area contributed by atoms with Crippen molar-refractivity contribution in [2.75, 3.05) is 19.6 Å². The number of cyclic esters (lactones) is 2. The molecule has 8 nitrogen and oxygen atoms in total. The molecule has 2 heterocycles. The van der Waals surface area contributed by atoms with Crippen LogP contribution in [0.15, 0.2) is 24.3 Å². The van der Waals surface area contributed by atoms with E-state index < -0.39 is 18.6 Å². The van der Waals surface area contributed by atoms with Crippen LogP contribution in [0.4, 0.5) is 4.79 Å². The molecule has 0 saturated carbocycles. The van der Waals surface area contributed by atoms with Gasteiger partial charge < -0.3 is 25.4 Å². The van der Waals surface area contributed by atoms with Gasteiger partial charge in [0.15, 0.2) is 25.5 Å². The van der Waals surface area contributed by atoms with Gasteiger partial charge in [0.25, 0.3) is 0 Å². The number of carbonyl (C=O) groups is 1. The van der Waals surface area contributed by atoms with E-state index in [-0.39, 0.29) is 22.3 Å². The van der Waals surface area contributed by atoms with E-state index in [9.17, 15) is 15.0 Å². The molecule has 0 radical (unpaired) electrons. The minimum absolute atomic E-state index is 0.116. The fourth-order valence-electron chi connectivity index (χ4n) is 5.52. The highest BCUT2D eigenvalue weighted by molar-refractivity contribution is 5.82. The van der Waals surface area contributed by atoms with Crippen LogP contribution in [-0.4, -0.2) is 70.0 Å². The van der Waals surface area contributed by atoms with Crippen molar-refractivity contribution in [3.05, 3.63) is 57.6 Å². The van der Waals surface area contributed by atoms with Crippen molar-refractivity contribution in [3.63, 3.8) is 0 Å². The second kappa shape index (κ2) is 11.8. The average Bonchev–Trinajstić information content (AvgIpc) is 2.85. The van der Waals surface area contributed by atoms with E-state index in [0.717, 1.165) is 47.9 Å². The van der Waals surface area contributed by atoms with Crippen molar-refractivity contribution in [1.29, 1.82) is 0 Å². The molecular weight excluding hydrogens is 518 g/mol. The first kappa shape index (κ1) is 30.6. The molecule has 1 atom stereocenters. The maximum Gasteiger partial charge on any atom is 0.515 e. The van der Waals surface area contributed by atoms with Crippen molar-refractivity contribution >= 4 is 18.6 Å². The van der Waals surface area contributed by atoms with E-state index in [2.05, 4.69) is 56.8 Å². The number of rotatable bonds is 7. The molecule has 0 aromatic heterocycles. The largest absolute Gasteiger partial charge is 0.515 e. The average molecular weight is 566 g/mol. The molecule has 2 aliphatic rings. The first-order valence-corrected chi connectivity index (χ1v) is 14.7. The Morgan fingerprint density at radius 1 is 0.902 bits per heavy atom. The molecule has 1 unspecified atom stereocenters. The number of nitrogens with two attached hydrogens (primary N) is 1. The summed E-state index contributed by atoms with van der Waals surface area (Å²) in [5.41, 5.74) is 10.7. The summed E-state index contributed by atoms with van der Waals surface area (Å²) in [5.74, 6) is 0.472. The van der Waals surface area contributed by atoms with Gasteiger partial charge in [0, 0.05) is 5.56 Å². The number of phenols is 2. The smallest absolute Gasteiger partial charge is 0.507 e. The number of unbranched alkanes of at least 4 members (excludes halogenated alkanes) is 1. The van der Waals surface area contributed by atoms with Gasteiger partial charge in [0.1, 0.15) is 11.5 Å². The Bertz CT molecular complexity index is 1360. The number of phenolic OH excluding ortho intramolecular Hbond substituents is 2. The van der Waals surface area contributed by atoms with E-state index in [0.29, 0.717) is 30.8 Å². The molecule has 8 heteroatoms. The number of carbonyl (C=O) groups excluding carboxylic acids is 1. The van der Waals surface area contributed by atoms with Crippen molar-refractivity contribution in [2.45, 2.75) is 97.4 Å². The van der Waals surface area contributed by atoms with Crippen molar-refractivity contribution in [1.82, 2.24) is 0 Å². The summed E-state index contributed by atoms with van der Waals surface area (Å²) in [6.45, 7) is 16.7. The molecule has 2 aromatic carbocycles. The number of aryl methyl sites for hydroxylation is 2. The first-order valence-electron chi connectivity index (χ1n) is 14.7. The second-order valence-electron chi connectivity index (χ2n) is 13.4. The quantitative estimate of drug-likeness (QED) is 0.246. The maximum atomic E-state index is 11.7. The summed E-state index contributed by atoms with van der Waals surface area (Å²) in [4.78, 5) is 11.7. The lowest BCUT2D eigenvalue weighted by Crippen LogP contribution is -2.58. The minimum Gasteiger partial charge on any atom is -0.507 e. The lowest BCUT2D eigenvalue weighted by atomic mass is 9.79. The highest BCUT2D eigenvalue weighted by Gasteiger charge is 2.53. The number of benzene rings is 2. The van der Waals surface area contributed by atoms with Crippen LogP contribution in [0.1, 0.15) is 94.2 Å². The van der Waals surface area contributed by atoms with Crippen LogP contribution in [0.3, 0.4) is 0 Å². The number of ether oxygens (including phenoxy) is 2. The van der Waals surface area contributed by atoms with Gasteiger partial charge in [-0.05, 0) is 72.4 Å². The molecule has 222 valence electrons. The normalized spacial score (nSPS) is 20.2. The van der Waals surface area contributed by atoms with Gasteiger partial charge in [0.2, 0.25) is 0 Å². The van der Waals surface area contributed by atoms with Gasteiger partial charge in [-0.25, -0.2) is 4.79 Å². The van der Waals surface area contributed by atoms with Crippen LogP contribution < -0.4 is 5.73 Å². The van der Waals surface area contributed by atoms with Crippen LogP contribution in [0.25, 0.3) is 0 Å². The predicted octanol–water partition coefficient (Wildman–Crippen LogP) is 5.07. The lowest BCUT2D eigenvalue weighted by Gasteiger charge is -2.30. The molecule has 0 aliphatic carbocycles. The lowest BCUT2D eigenvalue weighted by molar-refractivity contribution is -0.812. The Morgan fingerprint density at radius 2 is 1.51 bits per heavy atom. The molecule has 0 amide bonds. The maximum absolute atomic E-state index is 11.7. The van der Waals surface area contributed by atoms with Gasteiger partial charge in [-0.3, -0.25) is 0 Å².